The molecule has 1 saturated heterocycles. The monoisotopic (exact) mass is 419 g/mol. The molecule has 2 aromatic rings. The number of halogens is 1. The number of likely N-dealkylation sites (tertiary alicyclic amines) is 1. The summed E-state index contributed by atoms with van der Waals surface area (Å²) in [7, 11) is 0. The Morgan fingerprint density at radius 2 is 2.03 bits per heavy atom. The maximum absolute atomic E-state index is 12.4. The van der Waals surface area contributed by atoms with E-state index in [1.165, 1.54) is 0 Å². The zero-order valence-electron chi connectivity index (χ0n) is 17.2. The fourth-order valence-corrected chi connectivity index (χ4v) is 4.22. The molecule has 0 radical (unpaired) electrons. The van der Waals surface area contributed by atoms with Gasteiger partial charge in [-0.05, 0) is 51.6 Å². The molecular formula is C19H26ClN7O2. The summed E-state index contributed by atoms with van der Waals surface area (Å²) in [5.41, 5.74) is 0.332. The number of hydrogen-bond acceptors (Lipinski definition) is 7. The first-order chi connectivity index (χ1) is 13.8. The number of aromatic nitrogens is 5. The van der Waals surface area contributed by atoms with E-state index in [2.05, 4.69) is 32.0 Å². The molecule has 1 fully saturated rings. The molecule has 0 bridgehead atoms. The van der Waals surface area contributed by atoms with Crippen LogP contribution in [-0.4, -0.2) is 60.5 Å². The summed E-state index contributed by atoms with van der Waals surface area (Å²) in [6.07, 6.45) is 5.62. The van der Waals surface area contributed by atoms with Crippen molar-refractivity contribution in [2.75, 3.05) is 18.0 Å². The zero-order valence-corrected chi connectivity index (χ0v) is 17.9. The van der Waals surface area contributed by atoms with E-state index in [4.69, 9.17) is 16.3 Å². The largest absolute Gasteiger partial charge is 0.444 e. The van der Waals surface area contributed by atoms with Gasteiger partial charge in [0, 0.05) is 19.1 Å². The highest BCUT2D eigenvalue weighted by Gasteiger charge is 2.39. The molecule has 1 unspecified atom stereocenters. The summed E-state index contributed by atoms with van der Waals surface area (Å²) in [5.74, 6) is 1.67. The lowest BCUT2D eigenvalue weighted by atomic mass is 9.98. The summed E-state index contributed by atoms with van der Waals surface area (Å²) in [4.78, 5) is 25.2. The summed E-state index contributed by atoms with van der Waals surface area (Å²) < 4.78 is 7.46. The lowest BCUT2D eigenvalue weighted by Crippen LogP contribution is -2.50. The molecule has 1 amide bonds. The summed E-state index contributed by atoms with van der Waals surface area (Å²) in [6.45, 7) is 9.04. The fraction of sp³-hybridized carbons (Fsp3) is 0.632. The van der Waals surface area contributed by atoms with Crippen molar-refractivity contribution in [1.82, 2.24) is 29.6 Å². The maximum atomic E-state index is 12.4. The number of carbonyl (C=O) groups excluding carboxylic acids is 1. The van der Waals surface area contributed by atoms with Crippen molar-refractivity contribution in [3.8, 4) is 5.69 Å². The molecule has 2 aromatic heterocycles. The highest BCUT2D eigenvalue weighted by atomic mass is 35.5. The van der Waals surface area contributed by atoms with Gasteiger partial charge in [-0.1, -0.05) is 6.92 Å². The smallest absolute Gasteiger partial charge is 0.410 e. The van der Waals surface area contributed by atoms with Crippen molar-refractivity contribution in [2.24, 2.45) is 0 Å². The molecule has 0 aliphatic carbocycles. The highest BCUT2D eigenvalue weighted by Crippen LogP contribution is 2.41. The number of fused-ring (bicyclic) bond motifs is 3. The van der Waals surface area contributed by atoms with Crippen molar-refractivity contribution in [3.05, 3.63) is 23.6 Å². The minimum atomic E-state index is -0.495. The molecule has 4 rings (SSSR count). The van der Waals surface area contributed by atoms with Crippen molar-refractivity contribution in [3.63, 3.8) is 0 Å². The molecular weight excluding hydrogens is 394 g/mol. The zero-order chi connectivity index (χ0) is 20.8. The van der Waals surface area contributed by atoms with Gasteiger partial charge in [0.2, 0.25) is 5.28 Å². The van der Waals surface area contributed by atoms with E-state index >= 15 is 0 Å². The molecule has 9 nitrogen and oxygen atoms in total. The third-order valence-electron chi connectivity index (χ3n) is 5.33. The topological polar surface area (TPSA) is 89.3 Å². The Balaban J connectivity index is 1.59. The molecule has 0 N–H and O–H groups in total. The number of ether oxygens (including phenoxy) is 1. The first-order valence-corrected chi connectivity index (χ1v) is 10.4. The average molecular weight is 420 g/mol. The Bertz CT molecular complexity index is 902. The average Bonchev–Trinajstić information content (AvgIpc) is 3.15. The highest BCUT2D eigenvalue weighted by molar-refractivity contribution is 6.28. The third-order valence-corrected chi connectivity index (χ3v) is 5.51. The predicted molar refractivity (Wildman–Crippen MR) is 108 cm³/mol. The van der Waals surface area contributed by atoms with E-state index < -0.39 is 5.60 Å². The van der Waals surface area contributed by atoms with Crippen LogP contribution in [0.4, 0.5) is 10.6 Å². The SMILES string of the molecule is CCC1c2nncn2-c2cnc(Cl)nc2N1C1CCN(C(=O)OC(C)(C)C)CC1. The first-order valence-electron chi connectivity index (χ1n) is 9.97. The van der Waals surface area contributed by atoms with Crippen LogP contribution in [0, 0.1) is 0 Å². The second kappa shape index (κ2) is 7.44. The van der Waals surface area contributed by atoms with Crippen molar-refractivity contribution in [2.45, 2.75) is 64.6 Å². The Kier molecular flexibility index (Phi) is 5.10. The molecule has 10 heteroatoms. The van der Waals surface area contributed by atoms with Gasteiger partial charge in [-0.3, -0.25) is 4.57 Å². The quantitative estimate of drug-likeness (QED) is 0.689. The van der Waals surface area contributed by atoms with Crippen LogP contribution >= 0.6 is 11.6 Å². The molecule has 2 aliphatic heterocycles. The van der Waals surface area contributed by atoms with Gasteiger partial charge in [-0.2, -0.15) is 4.98 Å². The van der Waals surface area contributed by atoms with Gasteiger partial charge in [-0.25, -0.2) is 9.78 Å². The van der Waals surface area contributed by atoms with Crippen LogP contribution in [0.1, 0.15) is 58.8 Å². The van der Waals surface area contributed by atoms with Gasteiger partial charge < -0.3 is 14.5 Å². The predicted octanol–water partition coefficient (Wildman–Crippen LogP) is 3.38. The number of carbonyl (C=O) groups is 1. The van der Waals surface area contributed by atoms with Crippen LogP contribution in [0.3, 0.4) is 0 Å². The van der Waals surface area contributed by atoms with Crippen molar-refractivity contribution < 1.29 is 9.53 Å². The summed E-state index contributed by atoms with van der Waals surface area (Å²) in [5, 5.41) is 8.67. The van der Waals surface area contributed by atoms with E-state index in [-0.39, 0.29) is 23.5 Å². The summed E-state index contributed by atoms with van der Waals surface area (Å²) >= 11 is 6.14. The van der Waals surface area contributed by atoms with Crippen LogP contribution < -0.4 is 4.90 Å². The lowest BCUT2D eigenvalue weighted by molar-refractivity contribution is 0.0202. The van der Waals surface area contributed by atoms with Crippen LogP contribution in [0.15, 0.2) is 12.5 Å². The minimum absolute atomic E-state index is 0.0362. The minimum Gasteiger partial charge on any atom is -0.444 e. The number of amides is 1. The number of anilines is 1. The molecule has 156 valence electrons. The Morgan fingerprint density at radius 1 is 1.31 bits per heavy atom. The number of hydrogen-bond donors (Lipinski definition) is 0. The Hall–Kier alpha value is -2.42. The van der Waals surface area contributed by atoms with E-state index in [0.29, 0.717) is 13.1 Å². The molecule has 2 aliphatic rings. The van der Waals surface area contributed by atoms with Crippen molar-refractivity contribution in [1.29, 1.82) is 0 Å². The van der Waals surface area contributed by atoms with Gasteiger partial charge in [0.15, 0.2) is 11.6 Å². The Morgan fingerprint density at radius 3 is 2.69 bits per heavy atom. The van der Waals surface area contributed by atoms with Gasteiger partial charge in [0.25, 0.3) is 0 Å². The molecule has 4 heterocycles. The first kappa shape index (κ1) is 19.9. The van der Waals surface area contributed by atoms with E-state index in [1.54, 1.807) is 17.4 Å². The second-order valence-electron chi connectivity index (χ2n) is 8.44. The van der Waals surface area contributed by atoms with Gasteiger partial charge >= 0.3 is 6.09 Å². The third kappa shape index (κ3) is 3.75. The number of rotatable bonds is 2. The Labute approximate surface area is 175 Å². The van der Waals surface area contributed by atoms with E-state index in [9.17, 15) is 4.79 Å². The van der Waals surface area contributed by atoms with Gasteiger partial charge in [0.05, 0.1) is 12.2 Å². The van der Waals surface area contributed by atoms with Gasteiger partial charge in [-0.15, -0.1) is 10.2 Å². The van der Waals surface area contributed by atoms with Crippen molar-refractivity contribution >= 4 is 23.5 Å². The number of nitrogens with zero attached hydrogens (tertiary/aromatic N) is 7. The van der Waals surface area contributed by atoms with E-state index in [1.807, 2.05) is 25.3 Å². The molecule has 0 aromatic carbocycles. The molecule has 29 heavy (non-hydrogen) atoms. The number of piperidine rings is 1. The fourth-order valence-electron chi connectivity index (χ4n) is 4.09. The standard InChI is InChI=1S/C19H26ClN7O2/c1-5-13-16-24-22-11-26(16)14-10-21-17(20)23-15(14)27(13)12-6-8-25(9-7-12)18(28)29-19(2,3)4/h10-13H,5-9H2,1-4H3. The van der Waals surface area contributed by atoms with Crippen LogP contribution in [0.5, 0.6) is 0 Å². The normalized spacial score (nSPS) is 19.7. The maximum Gasteiger partial charge on any atom is 0.410 e. The lowest BCUT2D eigenvalue weighted by Gasteiger charge is -2.45. The van der Waals surface area contributed by atoms with E-state index in [0.717, 1.165) is 36.6 Å². The summed E-state index contributed by atoms with van der Waals surface area (Å²) in [6, 6.07) is 0.239. The molecule has 1 atom stereocenters. The molecule has 0 saturated carbocycles. The second-order valence-corrected chi connectivity index (χ2v) is 8.77. The van der Waals surface area contributed by atoms with Crippen LogP contribution in [-0.2, 0) is 4.74 Å². The van der Waals surface area contributed by atoms with Crippen LogP contribution in [0.25, 0.3) is 5.69 Å². The molecule has 0 spiro atoms. The van der Waals surface area contributed by atoms with Crippen LogP contribution in [0.2, 0.25) is 5.28 Å². The van der Waals surface area contributed by atoms with Gasteiger partial charge in [0.1, 0.15) is 17.6 Å².